The first-order valence-corrected chi connectivity index (χ1v) is 4.34. The van der Waals surface area contributed by atoms with Crippen molar-refractivity contribution in [3.8, 4) is 12.3 Å². The Kier molecular flexibility index (Phi) is 3.93. The summed E-state index contributed by atoms with van der Waals surface area (Å²) in [7, 11) is 0. The molecule has 0 aliphatic heterocycles. The van der Waals surface area contributed by atoms with Crippen molar-refractivity contribution in [2.75, 3.05) is 11.9 Å². The van der Waals surface area contributed by atoms with Gasteiger partial charge >= 0.3 is 12.3 Å². The average Bonchev–Trinajstić information content (AvgIpc) is 2.25. The van der Waals surface area contributed by atoms with Crippen LogP contribution in [-0.4, -0.2) is 17.7 Å². The van der Waals surface area contributed by atoms with Crippen LogP contribution in [0.2, 0.25) is 0 Å². The van der Waals surface area contributed by atoms with Crippen LogP contribution in [0, 0.1) is 12.3 Å². The number of halogens is 3. The van der Waals surface area contributed by atoms with E-state index >= 15 is 0 Å². The number of rotatable bonds is 2. The summed E-state index contributed by atoms with van der Waals surface area (Å²) in [6.45, 7) is -0.261. The Morgan fingerprint density at radius 1 is 1.59 bits per heavy atom. The Morgan fingerprint density at radius 3 is 2.88 bits per heavy atom. The van der Waals surface area contributed by atoms with Gasteiger partial charge < -0.3 is 4.74 Å². The first-order chi connectivity index (χ1) is 7.93. The molecule has 0 saturated carbocycles. The number of nitrogens with one attached hydrogen (secondary N) is 1. The summed E-state index contributed by atoms with van der Waals surface area (Å²) in [6.07, 6.45) is 0.270. The number of nitrogens with zero attached hydrogens (tertiary/aromatic N) is 1. The number of terminal acetylenes is 1. The van der Waals surface area contributed by atoms with Gasteiger partial charge in [0.25, 0.3) is 0 Å². The molecule has 0 fully saturated rings. The van der Waals surface area contributed by atoms with Crippen molar-refractivity contribution in [3.63, 3.8) is 0 Å². The summed E-state index contributed by atoms with van der Waals surface area (Å²) < 4.78 is 41.3. The maximum Gasteiger partial charge on any atom is 0.433 e. The highest BCUT2D eigenvalue weighted by atomic mass is 19.4. The average molecular weight is 244 g/mol. The number of carbonyl (C=O) groups is 1. The second kappa shape index (κ2) is 5.21. The molecule has 0 atom stereocenters. The molecule has 0 radical (unpaired) electrons. The Hall–Kier alpha value is -2.23. The first kappa shape index (κ1) is 12.8. The summed E-state index contributed by atoms with van der Waals surface area (Å²) in [5.41, 5.74) is -1.18. The van der Waals surface area contributed by atoms with E-state index in [0.717, 1.165) is 6.20 Å². The molecule has 1 rings (SSSR count). The maximum absolute atomic E-state index is 12.3. The van der Waals surface area contributed by atoms with Crippen molar-refractivity contribution < 1.29 is 22.7 Å². The number of hydrogen-bond donors (Lipinski definition) is 1. The molecule has 7 heteroatoms. The normalized spacial score (nSPS) is 10.5. The van der Waals surface area contributed by atoms with Gasteiger partial charge in [-0.2, -0.15) is 13.2 Å². The minimum Gasteiger partial charge on any atom is -0.436 e. The van der Waals surface area contributed by atoms with Gasteiger partial charge in [0, 0.05) is 11.9 Å². The van der Waals surface area contributed by atoms with Crippen molar-refractivity contribution in [1.82, 2.24) is 4.98 Å². The van der Waals surface area contributed by atoms with E-state index in [1.807, 2.05) is 5.92 Å². The molecule has 0 saturated heterocycles. The third-order valence-corrected chi connectivity index (χ3v) is 1.58. The lowest BCUT2D eigenvalue weighted by Gasteiger charge is -2.08. The predicted molar refractivity (Wildman–Crippen MR) is 53.0 cm³/mol. The number of anilines is 1. The zero-order valence-electron chi connectivity index (χ0n) is 8.41. The molecule has 0 aromatic carbocycles. The molecule has 1 heterocycles. The van der Waals surface area contributed by atoms with Crippen LogP contribution in [0.15, 0.2) is 18.3 Å². The smallest absolute Gasteiger partial charge is 0.433 e. The van der Waals surface area contributed by atoms with Gasteiger partial charge in [-0.3, -0.25) is 10.3 Å². The van der Waals surface area contributed by atoms with Crippen LogP contribution >= 0.6 is 0 Å². The summed E-state index contributed by atoms with van der Waals surface area (Å²) in [6, 6.07) is 1.89. The van der Waals surface area contributed by atoms with Crippen molar-refractivity contribution >= 4 is 11.8 Å². The zero-order chi connectivity index (χ0) is 12.9. The summed E-state index contributed by atoms with van der Waals surface area (Å²) in [5, 5.41) is 2.09. The van der Waals surface area contributed by atoms with Crippen LogP contribution in [0.3, 0.4) is 0 Å². The van der Waals surface area contributed by atoms with Gasteiger partial charge in [0.1, 0.15) is 5.69 Å². The van der Waals surface area contributed by atoms with Crippen LogP contribution in [0.5, 0.6) is 0 Å². The molecule has 1 aromatic heterocycles. The summed E-state index contributed by atoms with van der Waals surface area (Å²) >= 11 is 0. The van der Waals surface area contributed by atoms with E-state index < -0.39 is 18.0 Å². The largest absolute Gasteiger partial charge is 0.436 e. The van der Waals surface area contributed by atoms with Crippen LogP contribution < -0.4 is 5.32 Å². The first-order valence-electron chi connectivity index (χ1n) is 4.34. The number of pyridine rings is 1. The third-order valence-electron chi connectivity index (χ3n) is 1.58. The molecule has 1 N–H and O–H groups in total. The number of carbonyl (C=O) groups excluding carboxylic acids is 1. The fraction of sp³-hybridized carbons (Fsp3) is 0.200. The number of ether oxygens (including phenoxy) is 1. The van der Waals surface area contributed by atoms with Crippen LogP contribution in [0.25, 0.3) is 0 Å². The van der Waals surface area contributed by atoms with Crippen LogP contribution in [0.4, 0.5) is 23.7 Å². The quantitative estimate of drug-likeness (QED) is 0.812. The Bertz CT molecular complexity index is 452. The van der Waals surface area contributed by atoms with E-state index in [1.54, 1.807) is 0 Å². The Labute approximate surface area is 94.8 Å². The molecule has 0 aliphatic rings. The number of hydrogen-bond acceptors (Lipinski definition) is 3. The van der Waals surface area contributed by atoms with Gasteiger partial charge in [-0.25, -0.2) is 4.79 Å². The summed E-state index contributed by atoms with van der Waals surface area (Å²) in [4.78, 5) is 14.1. The summed E-state index contributed by atoms with van der Waals surface area (Å²) in [5.74, 6) is 2.04. The number of alkyl halides is 3. The van der Waals surface area contributed by atoms with Gasteiger partial charge in [0.05, 0.1) is 0 Å². The van der Waals surface area contributed by atoms with Gasteiger partial charge in [0.15, 0.2) is 6.61 Å². The third kappa shape index (κ3) is 4.03. The van der Waals surface area contributed by atoms with E-state index in [0.29, 0.717) is 6.07 Å². The van der Waals surface area contributed by atoms with E-state index in [-0.39, 0.29) is 12.3 Å². The number of aromatic nitrogens is 1. The van der Waals surface area contributed by atoms with E-state index in [4.69, 9.17) is 6.42 Å². The topological polar surface area (TPSA) is 51.2 Å². The molecule has 0 spiro atoms. The van der Waals surface area contributed by atoms with Gasteiger partial charge in [-0.05, 0) is 12.1 Å². The monoisotopic (exact) mass is 244 g/mol. The van der Waals surface area contributed by atoms with Gasteiger partial charge in [0.2, 0.25) is 0 Å². The van der Waals surface area contributed by atoms with Crippen molar-refractivity contribution in [2.24, 2.45) is 0 Å². The molecule has 90 valence electrons. The van der Waals surface area contributed by atoms with E-state index in [2.05, 4.69) is 15.0 Å². The van der Waals surface area contributed by atoms with Crippen LogP contribution in [0.1, 0.15) is 5.69 Å². The van der Waals surface area contributed by atoms with Gasteiger partial charge in [-0.1, -0.05) is 5.92 Å². The number of amides is 1. The Morgan fingerprint density at radius 2 is 2.29 bits per heavy atom. The predicted octanol–water partition coefficient (Wildman–Crippen LogP) is 2.28. The molecule has 0 bridgehead atoms. The lowest BCUT2D eigenvalue weighted by atomic mass is 10.3. The lowest BCUT2D eigenvalue weighted by Crippen LogP contribution is -2.15. The standard InChI is InChI=1S/C10H7F3N2O2/c1-2-5-17-9(16)15-7-3-4-14-8(6-7)10(11,12)13/h1,3-4,6H,5H2,(H,14,15,16). The molecule has 17 heavy (non-hydrogen) atoms. The molecule has 1 amide bonds. The maximum atomic E-state index is 12.3. The van der Waals surface area contributed by atoms with Gasteiger partial charge in [-0.15, -0.1) is 6.42 Å². The molecule has 0 aliphatic carbocycles. The Balaban J connectivity index is 2.73. The second-order valence-corrected chi connectivity index (χ2v) is 2.83. The minimum absolute atomic E-state index is 0.0747. The second-order valence-electron chi connectivity index (χ2n) is 2.83. The fourth-order valence-electron chi connectivity index (χ4n) is 0.924. The highest BCUT2D eigenvalue weighted by Crippen LogP contribution is 2.28. The van der Waals surface area contributed by atoms with E-state index in [9.17, 15) is 18.0 Å². The highest BCUT2D eigenvalue weighted by molar-refractivity contribution is 5.84. The van der Waals surface area contributed by atoms with Crippen LogP contribution in [-0.2, 0) is 10.9 Å². The van der Waals surface area contributed by atoms with E-state index in [1.165, 1.54) is 6.07 Å². The molecule has 4 nitrogen and oxygen atoms in total. The van der Waals surface area contributed by atoms with Crippen molar-refractivity contribution in [1.29, 1.82) is 0 Å². The zero-order valence-corrected chi connectivity index (χ0v) is 8.41. The highest BCUT2D eigenvalue weighted by Gasteiger charge is 2.32. The molecular formula is C10H7F3N2O2. The molecular weight excluding hydrogens is 237 g/mol. The van der Waals surface area contributed by atoms with Crippen molar-refractivity contribution in [3.05, 3.63) is 24.0 Å². The molecule has 0 unspecified atom stereocenters. The molecule has 1 aromatic rings. The minimum atomic E-state index is -4.57. The lowest BCUT2D eigenvalue weighted by molar-refractivity contribution is -0.141. The SMILES string of the molecule is C#CCOC(=O)Nc1ccnc(C(F)(F)F)c1. The van der Waals surface area contributed by atoms with Crippen molar-refractivity contribution in [2.45, 2.75) is 6.18 Å². The fourth-order valence-corrected chi connectivity index (χ4v) is 0.924.